The number of nitrogens with zero attached hydrogens (tertiary/aromatic N) is 1. The van der Waals surface area contributed by atoms with Crippen LogP contribution in [0.3, 0.4) is 0 Å². The summed E-state index contributed by atoms with van der Waals surface area (Å²) in [5.74, 6) is 0. The molecule has 1 atom stereocenters. The molecule has 0 aromatic heterocycles. The fraction of sp³-hybridized carbons (Fsp3) is 0.647. The highest BCUT2D eigenvalue weighted by atomic mass is 15.2. The third-order valence-corrected chi connectivity index (χ3v) is 4.13. The van der Waals surface area contributed by atoms with Crippen LogP contribution < -0.4 is 5.32 Å². The lowest BCUT2D eigenvalue weighted by molar-refractivity contribution is 0.238. The van der Waals surface area contributed by atoms with Crippen LogP contribution >= 0.6 is 0 Å². The Morgan fingerprint density at radius 3 is 2.63 bits per heavy atom. The Bertz CT molecular complexity index is 431. The number of hydrogen-bond acceptors (Lipinski definition) is 2. The van der Waals surface area contributed by atoms with Gasteiger partial charge in [-0.25, -0.2) is 0 Å². The molecule has 106 valence electrons. The molecule has 1 aliphatic heterocycles. The molecule has 0 bridgehead atoms. The van der Waals surface area contributed by atoms with Crippen molar-refractivity contribution in [1.82, 2.24) is 10.2 Å². The van der Waals surface area contributed by atoms with Crippen LogP contribution in [0, 0.1) is 6.92 Å². The summed E-state index contributed by atoms with van der Waals surface area (Å²) >= 11 is 0. The van der Waals surface area contributed by atoms with E-state index < -0.39 is 0 Å². The zero-order valence-corrected chi connectivity index (χ0v) is 13.1. The maximum Gasteiger partial charge on any atom is 0.0235 e. The molecule has 0 aliphatic carbocycles. The first kappa shape index (κ1) is 14.5. The molecule has 0 amide bonds. The second kappa shape index (κ2) is 5.64. The molecule has 1 N–H and O–H groups in total. The number of rotatable bonds is 2. The molecule has 1 saturated heterocycles. The van der Waals surface area contributed by atoms with E-state index >= 15 is 0 Å². The molecule has 1 unspecified atom stereocenters. The predicted molar refractivity (Wildman–Crippen MR) is 82.9 cm³/mol. The van der Waals surface area contributed by atoms with E-state index in [0.717, 1.165) is 19.5 Å². The number of piperazine rings is 1. The summed E-state index contributed by atoms with van der Waals surface area (Å²) in [6.07, 6.45) is 1.14. The summed E-state index contributed by atoms with van der Waals surface area (Å²) in [7, 11) is 2.21. The summed E-state index contributed by atoms with van der Waals surface area (Å²) in [5.41, 5.74) is 4.60. The van der Waals surface area contributed by atoms with Crippen molar-refractivity contribution in [1.29, 1.82) is 0 Å². The maximum absolute atomic E-state index is 3.63. The maximum atomic E-state index is 3.63. The lowest BCUT2D eigenvalue weighted by Crippen LogP contribution is -2.50. The molecular weight excluding hydrogens is 232 g/mol. The molecule has 19 heavy (non-hydrogen) atoms. The highest BCUT2D eigenvalue weighted by molar-refractivity contribution is 5.35. The van der Waals surface area contributed by atoms with Crippen molar-refractivity contribution in [2.75, 3.05) is 26.7 Å². The fourth-order valence-electron chi connectivity index (χ4n) is 2.79. The van der Waals surface area contributed by atoms with Crippen molar-refractivity contribution in [3.63, 3.8) is 0 Å². The number of aryl methyl sites for hydroxylation is 1. The second-order valence-corrected chi connectivity index (χ2v) is 7.01. The minimum absolute atomic E-state index is 0.243. The van der Waals surface area contributed by atoms with Gasteiger partial charge in [0.1, 0.15) is 0 Å². The third kappa shape index (κ3) is 3.80. The first-order valence-corrected chi connectivity index (χ1v) is 7.38. The van der Waals surface area contributed by atoms with E-state index in [0.29, 0.717) is 6.04 Å². The molecule has 0 radical (unpaired) electrons. The Balaban J connectivity index is 2.09. The summed E-state index contributed by atoms with van der Waals surface area (Å²) in [6.45, 7) is 12.5. The molecule has 2 nitrogen and oxygen atoms in total. The number of hydrogen-bond donors (Lipinski definition) is 1. The average Bonchev–Trinajstić information content (AvgIpc) is 2.30. The van der Waals surface area contributed by atoms with Crippen molar-refractivity contribution < 1.29 is 0 Å². The zero-order chi connectivity index (χ0) is 14.0. The van der Waals surface area contributed by atoms with Crippen molar-refractivity contribution in [2.45, 2.75) is 45.6 Å². The molecule has 2 heteroatoms. The molecule has 2 rings (SSSR count). The highest BCUT2D eigenvalue weighted by Crippen LogP contribution is 2.25. The lowest BCUT2D eigenvalue weighted by atomic mass is 9.84. The van der Waals surface area contributed by atoms with E-state index in [9.17, 15) is 0 Å². The number of nitrogens with one attached hydrogen (secondary N) is 1. The average molecular weight is 260 g/mol. The standard InChI is InChI=1S/C17H28N2/c1-13-10-15(17(2,3)4)7-6-14(13)11-16-12-19(5)9-8-18-16/h6-7,10,16,18H,8-9,11-12H2,1-5H3. The second-order valence-electron chi connectivity index (χ2n) is 7.01. The molecule has 0 spiro atoms. The van der Waals surface area contributed by atoms with E-state index in [1.807, 2.05) is 0 Å². The lowest BCUT2D eigenvalue weighted by Gasteiger charge is -2.31. The van der Waals surface area contributed by atoms with Gasteiger partial charge in [0.15, 0.2) is 0 Å². The third-order valence-electron chi connectivity index (χ3n) is 4.13. The van der Waals surface area contributed by atoms with Crippen LogP contribution in [-0.2, 0) is 11.8 Å². The van der Waals surface area contributed by atoms with Crippen LogP contribution in [-0.4, -0.2) is 37.6 Å². The topological polar surface area (TPSA) is 15.3 Å². The number of benzene rings is 1. The van der Waals surface area contributed by atoms with Gasteiger partial charge in [-0.1, -0.05) is 39.0 Å². The van der Waals surface area contributed by atoms with Gasteiger partial charge in [0.05, 0.1) is 0 Å². The van der Waals surface area contributed by atoms with E-state index in [2.05, 4.69) is 63.2 Å². The van der Waals surface area contributed by atoms with Crippen molar-refractivity contribution in [3.05, 3.63) is 34.9 Å². The highest BCUT2D eigenvalue weighted by Gasteiger charge is 2.19. The summed E-state index contributed by atoms with van der Waals surface area (Å²) in [6, 6.07) is 7.58. The van der Waals surface area contributed by atoms with Crippen molar-refractivity contribution in [2.24, 2.45) is 0 Å². The van der Waals surface area contributed by atoms with Crippen molar-refractivity contribution >= 4 is 0 Å². The molecule has 1 aromatic rings. The Morgan fingerprint density at radius 1 is 1.32 bits per heavy atom. The molecule has 1 fully saturated rings. The SMILES string of the molecule is Cc1cc(C(C)(C)C)ccc1CC1CN(C)CCN1. The molecule has 1 aromatic carbocycles. The zero-order valence-electron chi connectivity index (χ0n) is 13.1. The Hall–Kier alpha value is -0.860. The van der Waals surface area contributed by atoms with E-state index in [1.54, 1.807) is 0 Å². The molecular formula is C17H28N2. The summed E-state index contributed by atoms with van der Waals surface area (Å²) in [4.78, 5) is 2.42. The van der Waals surface area contributed by atoms with Crippen LogP contribution in [0.5, 0.6) is 0 Å². The first-order valence-electron chi connectivity index (χ1n) is 7.38. The molecule has 0 saturated carbocycles. The Morgan fingerprint density at radius 2 is 2.05 bits per heavy atom. The van der Waals surface area contributed by atoms with Crippen LogP contribution in [0.15, 0.2) is 18.2 Å². The Labute approximate surface area is 118 Å². The monoisotopic (exact) mass is 260 g/mol. The van der Waals surface area contributed by atoms with Gasteiger partial charge in [0.2, 0.25) is 0 Å². The van der Waals surface area contributed by atoms with Gasteiger partial charge in [-0.15, -0.1) is 0 Å². The predicted octanol–water partition coefficient (Wildman–Crippen LogP) is 2.74. The van der Waals surface area contributed by atoms with Gasteiger partial charge in [-0.05, 0) is 42.5 Å². The van der Waals surface area contributed by atoms with Crippen LogP contribution in [0.2, 0.25) is 0 Å². The molecule has 1 heterocycles. The minimum Gasteiger partial charge on any atom is -0.311 e. The quantitative estimate of drug-likeness (QED) is 0.879. The van der Waals surface area contributed by atoms with Crippen molar-refractivity contribution in [3.8, 4) is 0 Å². The van der Waals surface area contributed by atoms with Gasteiger partial charge in [0, 0.05) is 25.7 Å². The fourth-order valence-corrected chi connectivity index (χ4v) is 2.79. The van der Waals surface area contributed by atoms with Crippen LogP contribution in [0.1, 0.15) is 37.5 Å². The van der Waals surface area contributed by atoms with Gasteiger partial charge in [0.25, 0.3) is 0 Å². The number of likely N-dealkylation sites (N-methyl/N-ethyl adjacent to an activating group) is 1. The largest absolute Gasteiger partial charge is 0.311 e. The summed E-state index contributed by atoms with van der Waals surface area (Å²) in [5, 5.41) is 3.63. The first-order chi connectivity index (χ1) is 8.86. The van der Waals surface area contributed by atoms with Crippen LogP contribution in [0.25, 0.3) is 0 Å². The Kier molecular flexibility index (Phi) is 4.32. The minimum atomic E-state index is 0.243. The normalized spacial score (nSPS) is 21.6. The van der Waals surface area contributed by atoms with E-state index in [-0.39, 0.29) is 5.41 Å². The summed E-state index contributed by atoms with van der Waals surface area (Å²) < 4.78 is 0. The van der Waals surface area contributed by atoms with E-state index in [1.165, 1.54) is 23.2 Å². The van der Waals surface area contributed by atoms with Gasteiger partial charge >= 0.3 is 0 Å². The van der Waals surface area contributed by atoms with E-state index in [4.69, 9.17) is 0 Å². The van der Waals surface area contributed by atoms with Crippen LogP contribution in [0.4, 0.5) is 0 Å². The van der Waals surface area contributed by atoms with Gasteiger partial charge in [-0.3, -0.25) is 0 Å². The van der Waals surface area contributed by atoms with Gasteiger partial charge < -0.3 is 10.2 Å². The van der Waals surface area contributed by atoms with Gasteiger partial charge in [-0.2, -0.15) is 0 Å². The smallest absolute Gasteiger partial charge is 0.0235 e. The molecule has 1 aliphatic rings.